The minimum absolute atomic E-state index is 0.0746. The molecule has 3 amide bonds. The molecule has 0 aliphatic rings. The summed E-state index contributed by atoms with van der Waals surface area (Å²) in [6, 6.07) is 5.90. The van der Waals surface area contributed by atoms with E-state index >= 15 is 0 Å². The summed E-state index contributed by atoms with van der Waals surface area (Å²) in [5.74, 6) is -0.192. The van der Waals surface area contributed by atoms with Gasteiger partial charge < -0.3 is 14.5 Å². The molecule has 0 aliphatic heterocycles. The Morgan fingerprint density at radius 3 is 2.68 bits per heavy atom. The number of carbonyl (C=O) groups is 2. The largest absolute Gasteiger partial charge is 0.484 e. The molecule has 0 aliphatic carbocycles. The van der Waals surface area contributed by atoms with E-state index in [9.17, 15) is 14.4 Å². The molecular weight excluding hydrogens is 324 g/mol. The van der Waals surface area contributed by atoms with Crippen LogP contribution in [0.5, 0.6) is 5.75 Å². The Labute approximate surface area is 145 Å². The molecule has 134 valence electrons. The summed E-state index contributed by atoms with van der Waals surface area (Å²) >= 11 is 0. The Hall–Kier alpha value is -2.83. The van der Waals surface area contributed by atoms with Crippen LogP contribution < -0.4 is 21.0 Å². The van der Waals surface area contributed by atoms with E-state index in [1.807, 2.05) is 6.92 Å². The van der Waals surface area contributed by atoms with Gasteiger partial charge in [-0.1, -0.05) is 13.3 Å². The topological polar surface area (TPSA) is 97.6 Å². The summed E-state index contributed by atoms with van der Waals surface area (Å²) in [5.41, 5.74) is 0.908. The van der Waals surface area contributed by atoms with Gasteiger partial charge in [0.25, 0.3) is 5.91 Å². The maximum Gasteiger partial charge on any atom is 0.336 e. The Kier molecular flexibility index (Phi) is 6.16. The van der Waals surface area contributed by atoms with Gasteiger partial charge in [0.15, 0.2) is 6.61 Å². The lowest BCUT2D eigenvalue weighted by atomic mass is 10.1. The van der Waals surface area contributed by atoms with Gasteiger partial charge in [0.1, 0.15) is 11.3 Å². The van der Waals surface area contributed by atoms with Crippen molar-refractivity contribution in [1.29, 1.82) is 0 Å². The van der Waals surface area contributed by atoms with E-state index in [1.54, 1.807) is 32.0 Å². The molecule has 1 aromatic carbocycles. The molecule has 1 aromatic heterocycles. The monoisotopic (exact) mass is 346 g/mol. The number of carbonyl (C=O) groups excluding carboxylic acids is 2. The first-order valence-electron chi connectivity index (χ1n) is 8.19. The average Bonchev–Trinajstić information content (AvgIpc) is 2.51. The number of fused-ring (bicyclic) bond motifs is 1. The number of rotatable bonds is 6. The summed E-state index contributed by atoms with van der Waals surface area (Å²) in [7, 11) is 0. The maximum atomic E-state index is 11.7. The quantitative estimate of drug-likeness (QED) is 0.783. The van der Waals surface area contributed by atoms with Crippen molar-refractivity contribution in [2.45, 2.75) is 39.7 Å². The molecule has 0 fully saturated rings. The van der Waals surface area contributed by atoms with Crippen molar-refractivity contribution >= 4 is 22.9 Å². The second-order valence-corrected chi connectivity index (χ2v) is 5.96. The number of amides is 3. The molecule has 0 bridgehead atoms. The lowest BCUT2D eigenvalue weighted by molar-refractivity contribution is -0.122. The van der Waals surface area contributed by atoms with Gasteiger partial charge in [-0.05, 0) is 38.0 Å². The summed E-state index contributed by atoms with van der Waals surface area (Å²) in [6.45, 7) is 5.29. The van der Waals surface area contributed by atoms with Crippen LogP contribution in [0.1, 0.15) is 32.8 Å². The zero-order chi connectivity index (χ0) is 18.4. The number of imide groups is 1. The van der Waals surface area contributed by atoms with Gasteiger partial charge in [-0.15, -0.1) is 0 Å². The molecule has 0 radical (unpaired) electrons. The maximum absolute atomic E-state index is 11.7. The van der Waals surface area contributed by atoms with Gasteiger partial charge >= 0.3 is 11.7 Å². The minimum atomic E-state index is -0.572. The molecule has 1 heterocycles. The smallest absolute Gasteiger partial charge is 0.336 e. The van der Waals surface area contributed by atoms with E-state index in [1.165, 1.54) is 6.07 Å². The van der Waals surface area contributed by atoms with E-state index in [2.05, 4.69) is 10.6 Å². The van der Waals surface area contributed by atoms with Crippen LogP contribution in [0, 0.1) is 0 Å². The zero-order valence-corrected chi connectivity index (χ0v) is 14.5. The molecule has 7 heteroatoms. The third-order valence-corrected chi connectivity index (χ3v) is 3.36. The first-order chi connectivity index (χ1) is 11.9. The van der Waals surface area contributed by atoms with E-state index in [0.29, 0.717) is 11.3 Å². The van der Waals surface area contributed by atoms with Crippen molar-refractivity contribution in [2.75, 3.05) is 6.61 Å². The number of urea groups is 1. The fraction of sp³-hybridized carbons (Fsp3) is 0.389. The van der Waals surface area contributed by atoms with Crippen LogP contribution in [0.3, 0.4) is 0 Å². The fourth-order valence-corrected chi connectivity index (χ4v) is 2.39. The van der Waals surface area contributed by atoms with Crippen LogP contribution in [0.2, 0.25) is 0 Å². The minimum Gasteiger partial charge on any atom is -0.484 e. The lowest BCUT2D eigenvalue weighted by Gasteiger charge is -2.10. The Bertz CT molecular complexity index is 826. The number of benzene rings is 1. The second-order valence-electron chi connectivity index (χ2n) is 5.96. The SMILES string of the molecule is CCCc1cc(=O)oc2cc(OCC(=O)NC(=O)NC(C)C)ccc12. The average molecular weight is 346 g/mol. The number of aryl methyl sites for hydroxylation is 1. The van der Waals surface area contributed by atoms with Crippen molar-refractivity contribution in [3.05, 3.63) is 40.2 Å². The van der Waals surface area contributed by atoms with Crippen molar-refractivity contribution in [1.82, 2.24) is 10.6 Å². The lowest BCUT2D eigenvalue weighted by Crippen LogP contribution is -2.44. The molecule has 0 saturated carbocycles. The predicted molar refractivity (Wildman–Crippen MR) is 93.8 cm³/mol. The van der Waals surface area contributed by atoms with Gasteiger partial charge in [0, 0.05) is 23.6 Å². The van der Waals surface area contributed by atoms with Gasteiger partial charge in [-0.25, -0.2) is 9.59 Å². The van der Waals surface area contributed by atoms with Crippen LogP contribution in [0.15, 0.2) is 33.5 Å². The molecular formula is C18H22N2O5. The molecule has 0 atom stereocenters. The molecule has 0 spiro atoms. The normalized spacial score (nSPS) is 10.7. The van der Waals surface area contributed by atoms with Gasteiger partial charge in [0.05, 0.1) is 0 Å². The number of nitrogens with one attached hydrogen (secondary N) is 2. The number of hydrogen-bond donors (Lipinski definition) is 2. The molecule has 7 nitrogen and oxygen atoms in total. The van der Waals surface area contributed by atoms with Crippen molar-refractivity contribution < 1.29 is 18.7 Å². The fourth-order valence-electron chi connectivity index (χ4n) is 2.39. The van der Waals surface area contributed by atoms with Crippen LogP contribution in [-0.2, 0) is 11.2 Å². The van der Waals surface area contributed by atoms with Crippen molar-refractivity contribution in [3.63, 3.8) is 0 Å². The predicted octanol–water partition coefficient (Wildman–Crippen LogP) is 2.36. The zero-order valence-electron chi connectivity index (χ0n) is 14.5. The summed E-state index contributed by atoms with van der Waals surface area (Å²) < 4.78 is 10.6. The summed E-state index contributed by atoms with van der Waals surface area (Å²) in [6.07, 6.45) is 1.69. The molecule has 0 unspecified atom stereocenters. The van der Waals surface area contributed by atoms with E-state index in [0.717, 1.165) is 23.8 Å². The summed E-state index contributed by atoms with van der Waals surface area (Å²) in [5, 5.41) is 5.55. The highest BCUT2D eigenvalue weighted by Crippen LogP contribution is 2.23. The molecule has 2 N–H and O–H groups in total. The molecule has 2 aromatic rings. The third-order valence-electron chi connectivity index (χ3n) is 3.36. The summed E-state index contributed by atoms with van der Waals surface area (Å²) in [4.78, 5) is 34.8. The number of ether oxygens (including phenoxy) is 1. The van der Waals surface area contributed by atoms with Crippen molar-refractivity contribution in [3.8, 4) is 5.75 Å². The standard InChI is InChI=1S/C18H22N2O5/c1-4-5-12-8-17(22)25-15-9-13(6-7-14(12)15)24-10-16(21)20-18(23)19-11(2)3/h6-9,11H,4-5,10H2,1-3H3,(H2,19,20,21,23). The Morgan fingerprint density at radius 2 is 2.00 bits per heavy atom. The third kappa shape index (κ3) is 5.34. The highest BCUT2D eigenvalue weighted by atomic mass is 16.5. The van der Waals surface area contributed by atoms with Gasteiger partial charge in [0.2, 0.25) is 0 Å². The highest BCUT2D eigenvalue weighted by molar-refractivity contribution is 5.95. The van der Waals surface area contributed by atoms with E-state index in [-0.39, 0.29) is 12.6 Å². The first kappa shape index (κ1) is 18.5. The molecule has 0 saturated heterocycles. The Morgan fingerprint density at radius 1 is 1.24 bits per heavy atom. The highest BCUT2D eigenvalue weighted by Gasteiger charge is 2.11. The van der Waals surface area contributed by atoms with Crippen LogP contribution in [0.4, 0.5) is 4.79 Å². The van der Waals surface area contributed by atoms with Gasteiger partial charge in [-0.3, -0.25) is 10.1 Å². The van der Waals surface area contributed by atoms with Crippen LogP contribution >= 0.6 is 0 Å². The van der Waals surface area contributed by atoms with Gasteiger partial charge in [-0.2, -0.15) is 0 Å². The number of hydrogen-bond acceptors (Lipinski definition) is 5. The van der Waals surface area contributed by atoms with Crippen molar-refractivity contribution in [2.24, 2.45) is 0 Å². The van der Waals surface area contributed by atoms with E-state index in [4.69, 9.17) is 9.15 Å². The molecule has 25 heavy (non-hydrogen) atoms. The van der Waals surface area contributed by atoms with E-state index < -0.39 is 17.6 Å². The van der Waals surface area contributed by atoms with Crippen LogP contribution in [0.25, 0.3) is 11.0 Å². The van der Waals surface area contributed by atoms with Crippen LogP contribution in [-0.4, -0.2) is 24.6 Å². The first-order valence-corrected chi connectivity index (χ1v) is 8.19. The second kappa shape index (κ2) is 8.32. The Balaban J connectivity index is 2.06. The molecule has 2 rings (SSSR count).